The maximum absolute atomic E-state index is 13.2. The normalized spacial score (nSPS) is 12.3. The van der Waals surface area contributed by atoms with Crippen molar-refractivity contribution in [3.05, 3.63) is 70.2 Å². The summed E-state index contributed by atoms with van der Waals surface area (Å²) in [5.74, 6) is -0.161. The van der Waals surface area contributed by atoms with Gasteiger partial charge in [-0.25, -0.2) is 0 Å². The molecule has 32 heavy (non-hydrogen) atoms. The Morgan fingerprint density at radius 3 is 2.34 bits per heavy atom. The zero-order valence-electron chi connectivity index (χ0n) is 20.1. The molecule has 0 aliphatic rings. The monoisotopic (exact) mass is 456 g/mol. The number of halogens is 1. The molecule has 0 spiro atoms. The molecule has 1 atom stereocenters. The topological polar surface area (TPSA) is 49.4 Å². The molecule has 174 valence electrons. The van der Waals surface area contributed by atoms with E-state index in [0.717, 1.165) is 24.0 Å². The van der Waals surface area contributed by atoms with Crippen molar-refractivity contribution in [3.63, 3.8) is 0 Å². The number of carbonyl (C=O) groups is 2. The molecular weight excluding hydrogens is 420 g/mol. The van der Waals surface area contributed by atoms with Crippen molar-refractivity contribution in [2.45, 2.75) is 78.3 Å². The third-order valence-corrected chi connectivity index (χ3v) is 5.92. The number of amides is 2. The Balaban J connectivity index is 2.11. The third kappa shape index (κ3) is 7.98. The number of rotatable bonds is 10. The molecule has 0 aliphatic heterocycles. The molecule has 2 aromatic rings. The molecule has 1 N–H and O–H groups in total. The van der Waals surface area contributed by atoms with Gasteiger partial charge in [-0.2, -0.15) is 0 Å². The lowest BCUT2D eigenvalue weighted by Crippen LogP contribution is -2.47. The first-order valence-corrected chi connectivity index (χ1v) is 11.9. The maximum atomic E-state index is 13.2. The van der Waals surface area contributed by atoms with Crippen LogP contribution in [0, 0.1) is 0 Å². The van der Waals surface area contributed by atoms with E-state index in [-0.39, 0.29) is 17.2 Å². The standard InChI is InChI=1S/C27H37ClN2O2/c1-6-7-17-29-26(32)20(2)30(19-22-9-8-10-24(28)18-22)25(31)16-13-21-11-14-23(15-12-21)27(3,4)5/h8-12,14-15,18,20H,6-7,13,16-17,19H2,1-5H3,(H,29,32). The van der Waals surface area contributed by atoms with E-state index in [1.54, 1.807) is 17.9 Å². The first-order valence-electron chi connectivity index (χ1n) is 11.5. The first-order chi connectivity index (χ1) is 15.1. The van der Waals surface area contributed by atoms with Crippen LogP contribution in [-0.2, 0) is 28.0 Å². The SMILES string of the molecule is CCCCNC(=O)C(C)N(Cc1cccc(Cl)c1)C(=O)CCc1ccc(C(C)(C)C)cc1. The number of unbranched alkanes of at least 4 members (excludes halogenated alkanes) is 1. The fourth-order valence-corrected chi connectivity index (χ4v) is 3.73. The molecule has 0 heterocycles. The fraction of sp³-hybridized carbons (Fsp3) is 0.481. The largest absolute Gasteiger partial charge is 0.354 e. The van der Waals surface area contributed by atoms with E-state index in [1.165, 1.54) is 5.56 Å². The Bertz CT molecular complexity index is 887. The average Bonchev–Trinajstić information content (AvgIpc) is 2.75. The summed E-state index contributed by atoms with van der Waals surface area (Å²) >= 11 is 6.14. The molecule has 2 amide bonds. The highest BCUT2D eigenvalue weighted by Crippen LogP contribution is 2.23. The minimum absolute atomic E-state index is 0.0389. The van der Waals surface area contributed by atoms with E-state index in [2.05, 4.69) is 57.3 Å². The number of hydrogen-bond donors (Lipinski definition) is 1. The molecule has 0 saturated heterocycles. The molecule has 1 unspecified atom stereocenters. The van der Waals surface area contributed by atoms with Crippen LogP contribution < -0.4 is 5.32 Å². The molecule has 0 radical (unpaired) electrons. The zero-order chi connectivity index (χ0) is 23.7. The van der Waals surface area contributed by atoms with E-state index in [1.807, 2.05) is 18.2 Å². The molecule has 0 aliphatic carbocycles. The van der Waals surface area contributed by atoms with Crippen LogP contribution >= 0.6 is 11.6 Å². The second-order valence-electron chi connectivity index (χ2n) is 9.42. The predicted octanol–water partition coefficient (Wildman–Crippen LogP) is 5.90. The van der Waals surface area contributed by atoms with Gasteiger partial charge in [-0.1, -0.05) is 82.1 Å². The quantitative estimate of drug-likeness (QED) is 0.452. The van der Waals surface area contributed by atoms with Gasteiger partial charge in [0.15, 0.2) is 0 Å². The van der Waals surface area contributed by atoms with Gasteiger partial charge in [0.25, 0.3) is 0 Å². The van der Waals surface area contributed by atoms with Crippen LogP contribution in [0.5, 0.6) is 0 Å². The van der Waals surface area contributed by atoms with Crippen LogP contribution in [0.1, 0.15) is 70.6 Å². The van der Waals surface area contributed by atoms with Gasteiger partial charge in [0.2, 0.25) is 11.8 Å². The van der Waals surface area contributed by atoms with Crippen LogP contribution in [0.2, 0.25) is 5.02 Å². The zero-order valence-corrected chi connectivity index (χ0v) is 20.8. The number of benzene rings is 2. The lowest BCUT2D eigenvalue weighted by atomic mass is 9.86. The predicted molar refractivity (Wildman–Crippen MR) is 133 cm³/mol. The lowest BCUT2D eigenvalue weighted by molar-refractivity contribution is -0.140. The average molecular weight is 457 g/mol. The van der Waals surface area contributed by atoms with E-state index < -0.39 is 6.04 Å². The van der Waals surface area contributed by atoms with Crippen molar-refractivity contribution >= 4 is 23.4 Å². The Labute approximate surface area is 198 Å². The van der Waals surface area contributed by atoms with Crippen LogP contribution in [0.3, 0.4) is 0 Å². The molecule has 0 bridgehead atoms. The van der Waals surface area contributed by atoms with Gasteiger partial charge in [-0.15, -0.1) is 0 Å². The summed E-state index contributed by atoms with van der Waals surface area (Å²) in [6.45, 7) is 11.4. The van der Waals surface area contributed by atoms with Gasteiger partial charge in [0.05, 0.1) is 0 Å². The summed E-state index contributed by atoms with van der Waals surface area (Å²) in [5, 5.41) is 3.57. The summed E-state index contributed by atoms with van der Waals surface area (Å²) in [7, 11) is 0. The Morgan fingerprint density at radius 2 is 1.75 bits per heavy atom. The van der Waals surface area contributed by atoms with Gasteiger partial charge in [-0.3, -0.25) is 9.59 Å². The highest BCUT2D eigenvalue weighted by Gasteiger charge is 2.26. The molecule has 5 heteroatoms. The second-order valence-corrected chi connectivity index (χ2v) is 9.86. The Hall–Kier alpha value is -2.33. The van der Waals surface area contributed by atoms with E-state index >= 15 is 0 Å². The summed E-state index contributed by atoms with van der Waals surface area (Å²) in [5.41, 5.74) is 3.40. The van der Waals surface area contributed by atoms with Gasteiger partial charge in [0.1, 0.15) is 6.04 Å². The summed E-state index contributed by atoms with van der Waals surface area (Å²) in [6, 6.07) is 15.3. The highest BCUT2D eigenvalue weighted by atomic mass is 35.5. The van der Waals surface area contributed by atoms with Crippen molar-refractivity contribution in [3.8, 4) is 0 Å². The van der Waals surface area contributed by atoms with Crippen LogP contribution in [0.25, 0.3) is 0 Å². The van der Waals surface area contributed by atoms with Crippen molar-refractivity contribution in [1.29, 1.82) is 0 Å². The third-order valence-electron chi connectivity index (χ3n) is 5.69. The smallest absolute Gasteiger partial charge is 0.242 e. The number of nitrogens with one attached hydrogen (secondary N) is 1. The van der Waals surface area contributed by atoms with Gasteiger partial charge < -0.3 is 10.2 Å². The van der Waals surface area contributed by atoms with E-state index in [4.69, 9.17) is 11.6 Å². The summed E-state index contributed by atoms with van der Waals surface area (Å²) < 4.78 is 0. The van der Waals surface area contributed by atoms with Crippen LogP contribution in [0.15, 0.2) is 48.5 Å². The lowest BCUT2D eigenvalue weighted by Gasteiger charge is -2.29. The van der Waals surface area contributed by atoms with Crippen molar-refractivity contribution in [2.24, 2.45) is 0 Å². The fourth-order valence-electron chi connectivity index (χ4n) is 3.52. The van der Waals surface area contributed by atoms with Crippen molar-refractivity contribution in [1.82, 2.24) is 10.2 Å². The molecule has 0 fully saturated rings. The Kier molecular flexibility index (Phi) is 9.77. The number of carbonyl (C=O) groups excluding carboxylic acids is 2. The van der Waals surface area contributed by atoms with Gasteiger partial charge in [-0.05, 0) is 54.0 Å². The number of aryl methyl sites for hydroxylation is 1. The minimum Gasteiger partial charge on any atom is -0.354 e. The minimum atomic E-state index is -0.554. The Morgan fingerprint density at radius 1 is 1.06 bits per heavy atom. The van der Waals surface area contributed by atoms with Crippen molar-refractivity contribution < 1.29 is 9.59 Å². The highest BCUT2D eigenvalue weighted by molar-refractivity contribution is 6.30. The maximum Gasteiger partial charge on any atom is 0.242 e. The van der Waals surface area contributed by atoms with Crippen LogP contribution in [0.4, 0.5) is 0 Å². The molecule has 0 aromatic heterocycles. The number of nitrogens with zero attached hydrogens (tertiary/aromatic N) is 1. The second kappa shape index (κ2) is 12.1. The van der Waals surface area contributed by atoms with Gasteiger partial charge >= 0.3 is 0 Å². The van der Waals surface area contributed by atoms with Crippen molar-refractivity contribution in [2.75, 3.05) is 6.54 Å². The molecular formula is C27H37ClN2O2. The summed E-state index contributed by atoms with van der Waals surface area (Å²) in [4.78, 5) is 27.6. The number of hydrogen-bond acceptors (Lipinski definition) is 2. The molecule has 4 nitrogen and oxygen atoms in total. The molecule has 2 rings (SSSR count). The van der Waals surface area contributed by atoms with Crippen LogP contribution in [-0.4, -0.2) is 29.3 Å². The summed E-state index contributed by atoms with van der Waals surface area (Å²) in [6.07, 6.45) is 2.92. The first kappa shape index (κ1) is 25.9. The molecule has 2 aromatic carbocycles. The van der Waals surface area contributed by atoms with E-state index in [0.29, 0.717) is 31.0 Å². The molecule has 0 saturated carbocycles. The van der Waals surface area contributed by atoms with Gasteiger partial charge in [0, 0.05) is 24.5 Å². The van der Waals surface area contributed by atoms with E-state index in [9.17, 15) is 9.59 Å².